The second-order valence-electron chi connectivity index (χ2n) is 5.30. The van der Waals surface area contributed by atoms with Gasteiger partial charge >= 0.3 is 63.3 Å². The largest absolute Gasteiger partial charge is 1.00 e. The third-order valence-corrected chi connectivity index (χ3v) is 3.50. The molecule has 1 aliphatic heterocycles. The van der Waals surface area contributed by atoms with Gasteiger partial charge in [-0.25, -0.2) is 0 Å². The van der Waals surface area contributed by atoms with Crippen LogP contribution in [0.3, 0.4) is 0 Å². The molecule has 1 aliphatic rings. The molecule has 1 unspecified atom stereocenters. The van der Waals surface area contributed by atoms with Gasteiger partial charge in [0.25, 0.3) is 0 Å². The second-order valence-corrected chi connectivity index (χ2v) is 5.30. The van der Waals surface area contributed by atoms with Crippen molar-refractivity contribution >= 4 is 11.9 Å². The molecule has 0 N–H and O–H groups in total. The van der Waals surface area contributed by atoms with Crippen LogP contribution in [0.4, 0.5) is 0 Å². The molecule has 0 saturated carbocycles. The molecule has 1 rings (SSSR count). The van der Waals surface area contributed by atoms with Crippen LogP contribution in [0.25, 0.3) is 0 Å². The maximum absolute atomic E-state index is 11.2. The maximum Gasteiger partial charge on any atom is 1.00 e. The molecule has 1 heterocycles. The summed E-state index contributed by atoms with van der Waals surface area (Å²) >= 11 is 0. The van der Waals surface area contributed by atoms with E-state index in [1.165, 1.54) is 51.4 Å². The monoisotopic (exact) mass is 306 g/mol. The standard InChI is InChI=1S/C16H26O3.K.H/c1-2-3-4-5-6-7-8-9-10-11-12-14-13-15(17)19-16(14)18;;/h11-12,14H,2-10,13H2,1H3;;/q;+1;-1. The van der Waals surface area contributed by atoms with Crippen molar-refractivity contribution in [3.8, 4) is 0 Å². The molecule has 1 fully saturated rings. The third kappa shape index (κ3) is 9.45. The van der Waals surface area contributed by atoms with Gasteiger partial charge in [0.05, 0.1) is 12.3 Å². The molecular formula is C16H27KO3. The van der Waals surface area contributed by atoms with Gasteiger partial charge in [0.15, 0.2) is 0 Å². The molecule has 0 aromatic carbocycles. The zero-order chi connectivity index (χ0) is 13.9. The number of allylic oxidation sites excluding steroid dienone is 1. The number of carbonyl (C=O) groups is 2. The Morgan fingerprint density at radius 1 is 1.10 bits per heavy atom. The Hall–Kier alpha value is 0.516. The molecule has 1 saturated heterocycles. The Bertz CT molecular complexity index is 319. The van der Waals surface area contributed by atoms with Gasteiger partial charge in [-0.1, -0.05) is 64.0 Å². The third-order valence-electron chi connectivity index (χ3n) is 3.50. The van der Waals surface area contributed by atoms with Crippen LogP contribution in [0.2, 0.25) is 0 Å². The number of hydrogen-bond acceptors (Lipinski definition) is 3. The van der Waals surface area contributed by atoms with Crippen molar-refractivity contribution in [2.24, 2.45) is 5.92 Å². The Kier molecular flexibility index (Phi) is 13.5. The van der Waals surface area contributed by atoms with Crippen LogP contribution in [0, 0.1) is 5.92 Å². The summed E-state index contributed by atoms with van der Waals surface area (Å²) in [5, 5.41) is 0. The number of rotatable bonds is 10. The minimum atomic E-state index is -0.397. The zero-order valence-corrected chi connectivity index (χ0v) is 16.2. The fourth-order valence-corrected chi connectivity index (χ4v) is 2.30. The number of hydrogen-bond donors (Lipinski definition) is 0. The molecule has 0 bridgehead atoms. The van der Waals surface area contributed by atoms with Crippen molar-refractivity contribution in [3.63, 3.8) is 0 Å². The maximum atomic E-state index is 11.2. The number of carbonyl (C=O) groups excluding carboxylic acids is 2. The van der Waals surface area contributed by atoms with Crippen LogP contribution < -0.4 is 51.4 Å². The van der Waals surface area contributed by atoms with Crippen molar-refractivity contribution in [1.82, 2.24) is 0 Å². The van der Waals surface area contributed by atoms with Crippen molar-refractivity contribution in [2.45, 2.75) is 71.1 Å². The Labute approximate surface area is 166 Å². The first-order valence-electron chi connectivity index (χ1n) is 7.65. The minimum absolute atomic E-state index is 0. The Morgan fingerprint density at radius 2 is 1.70 bits per heavy atom. The molecule has 0 radical (unpaired) electrons. The van der Waals surface area contributed by atoms with E-state index in [1.54, 1.807) is 0 Å². The normalized spacial score (nSPS) is 18.4. The zero-order valence-electron chi connectivity index (χ0n) is 14.0. The van der Waals surface area contributed by atoms with Crippen LogP contribution in [-0.4, -0.2) is 11.9 Å². The number of ether oxygens (including phenoxy) is 1. The van der Waals surface area contributed by atoms with Gasteiger partial charge in [0.2, 0.25) is 0 Å². The van der Waals surface area contributed by atoms with Gasteiger partial charge in [-0.05, 0) is 12.8 Å². The van der Waals surface area contributed by atoms with Crippen molar-refractivity contribution < 1.29 is 67.1 Å². The molecule has 20 heavy (non-hydrogen) atoms. The molecule has 0 spiro atoms. The van der Waals surface area contributed by atoms with Crippen LogP contribution in [0.1, 0.15) is 72.6 Å². The molecule has 0 aromatic heterocycles. The average molecular weight is 306 g/mol. The van der Waals surface area contributed by atoms with Gasteiger partial charge < -0.3 is 6.16 Å². The van der Waals surface area contributed by atoms with E-state index in [0.717, 1.165) is 6.42 Å². The fourth-order valence-electron chi connectivity index (χ4n) is 2.30. The summed E-state index contributed by atoms with van der Waals surface area (Å²) in [7, 11) is 0. The number of unbranched alkanes of at least 4 members (excludes halogenated alkanes) is 8. The van der Waals surface area contributed by atoms with E-state index in [4.69, 9.17) is 0 Å². The summed E-state index contributed by atoms with van der Waals surface area (Å²) in [6, 6.07) is 0. The van der Waals surface area contributed by atoms with Crippen LogP contribution in [-0.2, 0) is 14.3 Å². The van der Waals surface area contributed by atoms with E-state index in [2.05, 4.69) is 11.7 Å². The van der Waals surface area contributed by atoms with E-state index in [9.17, 15) is 9.59 Å². The van der Waals surface area contributed by atoms with Crippen LogP contribution in [0.15, 0.2) is 12.2 Å². The first kappa shape index (κ1) is 20.5. The van der Waals surface area contributed by atoms with E-state index >= 15 is 0 Å². The summed E-state index contributed by atoms with van der Waals surface area (Å²) in [5.41, 5.74) is 0. The van der Waals surface area contributed by atoms with E-state index < -0.39 is 11.9 Å². The molecular weight excluding hydrogens is 279 g/mol. The fraction of sp³-hybridized carbons (Fsp3) is 0.750. The molecule has 3 nitrogen and oxygen atoms in total. The van der Waals surface area contributed by atoms with Gasteiger partial charge in [0, 0.05) is 0 Å². The van der Waals surface area contributed by atoms with E-state index in [0.29, 0.717) is 0 Å². The number of esters is 2. The van der Waals surface area contributed by atoms with E-state index in [-0.39, 0.29) is 65.1 Å². The summed E-state index contributed by atoms with van der Waals surface area (Å²) in [5.74, 6) is -1.12. The van der Waals surface area contributed by atoms with Gasteiger partial charge in [-0.15, -0.1) is 0 Å². The van der Waals surface area contributed by atoms with Crippen molar-refractivity contribution in [1.29, 1.82) is 0 Å². The van der Waals surface area contributed by atoms with Crippen LogP contribution in [0.5, 0.6) is 0 Å². The Balaban J connectivity index is 0. The van der Waals surface area contributed by atoms with Gasteiger partial charge in [0.1, 0.15) is 0 Å². The molecule has 0 amide bonds. The average Bonchev–Trinajstić information content (AvgIpc) is 2.70. The topological polar surface area (TPSA) is 43.4 Å². The first-order valence-corrected chi connectivity index (χ1v) is 7.65. The minimum Gasteiger partial charge on any atom is -1.00 e. The smallest absolute Gasteiger partial charge is 1.00 e. The molecule has 0 aliphatic carbocycles. The summed E-state index contributed by atoms with van der Waals surface area (Å²) in [6.45, 7) is 2.24. The predicted molar refractivity (Wildman–Crippen MR) is 76.7 cm³/mol. The summed E-state index contributed by atoms with van der Waals surface area (Å²) < 4.78 is 4.49. The Morgan fingerprint density at radius 3 is 2.25 bits per heavy atom. The second kappa shape index (κ2) is 13.2. The number of cyclic esters (lactones) is 2. The van der Waals surface area contributed by atoms with Crippen molar-refractivity contribution in [3.05, 3.63) is 12.2 Å². The molecule has 0 aromatic rings. The summed E-state index contributed by atoms with van der Waals surface area (Å²) in [4.78, 5) is 22.1. The SMILES string of the molecule is CCCCCCCCCCC=CC1CC(=O)OC1=O.[H-].[K+]. The van der Waals surface area contributed by atoms with Crippen LogP contribution >= 0.6 is 0 Å². The van der Waals surface area contributed by atoms with Gasteiger partial charge in [-0.3, -0.25) is 9.59 Å². The van der Waals surface area contributed by atoms with Gasteiger partial charge in [-0.2, -0.15) is 0 Å². The molecule has 4 heteroatoms. The summed E-state index contributed by atoms with van der Waals surface area (Å²) in [6.07, 6.45) is 15.5. The first-order chi connectivity index (χ1) is 9.24. The molecule has 1 atom stereocenters. The van der Waals surface area contributed by atoms with Crippen molar-refractivity contribution in [2.75, 3.05) is 0 Å². The predicted octanol–water partition coefficient (Wildman–Crippen LogP) is 1.28. The quantitative estimate of drug-likeness (QED) is 0.201. The van der Waals surface area contributed by atoms with E-state index in [1.807, 2.05) is 12.2 Å². The molecule has 110 valence electrons.